The van der Waals surface area contributed by atoms with Gasteiger partial charge in [-0.05, 0) is 11.4 Å². The molecule has 2 heterocycles. The third-order valence-electron chi connectivity index (χ3n) is 2.37. The molecular formula is C10H12N2O3S. The Hall–Kier alpha value is -1.56. The Morgan fingerprint density at radius 3 is 3.12 bits per heavy atom. The highest BCUT2D eigenvalue weighted by atomic mass is 32.1. The molecule has 2 amide bonds. The van der Waals surface area contributed by atoms with Gasteiger partial charge in [-0.25, -0.2) is 0 Å². The highest BCUT2D eigenvalue weighted by Crippen LogP contribution is 2.25. The lowest BCUT2D eigenvalue weighted by Gasteiger charge is -2.26. The number of carbonyl (C=O) groups excluding carboxylic acids is 2. The number of thiophene rings is 1. The van der Waals surface area contributed by atoms with Crippen LogP contribution in [0.15, 0.2) is 11.4 Å². The van der Waals surface area contributed by atoms with Crippen LogP contribution in [0.2, 0.25) is 0 Å². The number of rotatable bonds is 2. The third-order valence-corrected chi connectivity index (χ3v) is 3.25. The van der Waals surface area contributed by atoms with E-state index in [1.54, 1.807) is 11.4 Å². The van der Waals surface area contributed by atoms with E-state index in [1.165, 1.54) is 23.3 Å². The van der Waals surface area contributed by atoms with Gasteiger partial charge in [0.25, 0.3) is 5.91 Å². The van der Waals surface area contributed by atoms with Crippen LogP contribution in [0.1, 0.15) is 9.67 Å². The predicted octanol–water partition coefficient (Wildman–Crippen LogP) is 0.329. The van der Waals surface area contributed by atoms with E-state index < -0.39 is 0 Å². The molecule has 0 aliphatic carbocycles. The molecular weight excluding hydrogens is 228 g/mol. The second-order valence-electron chi connectivity index (χ2n) is 3.39. The molecule has 1 aromatic rings. The molecule has 0 spiro atoms. The van der Waals surface area contributed by atoms with Crippen molar-refractivity contribution in [2.45, 2.75) is 0 Å². The van der Waals surface area contributed by atoms with Gasteiger partial charge in [0.1, 0.15) is 10.6 Å². The molecule has 0 radical (unpaired) electrons. The topological polar surface area (TPSA) is 58.6 Å². The van der Waals surface area contributed by atoms with Crippen LogP contribution >= 0.6 is 11.3 Å². The maximum atomic E-state index is 12.1. The second-order valence-corrected chi connectivity index (χ2v) is 4.31. The van der Waals surface area contributed by atoms with Gasteiger partial charge in [0, 0.05) is 13.1 Å². The molecule has 1 aliphatic rings. The summed E-state index contributed by atoms with van der Waals surface area (Å²) in [5, 5.41) is 4.48. The van der Waals surface area contributed by atoms with Crippen LogP contribution in [0.4, 0.5) is 0 Å². The van der Waals surface area contributed by atoms with Gasteiger partial charge >= 0.3 is 0 Å². The molecule has 0 aromatic carbocycles. The zero-order chi connectivity index (χ0) is 11.5. The van der Waals surface area contributed by atoms with Gasteiger partial charge in [-0.3, -0.25) is 9.59 Å². The van der Waals surface area contributed by atoms with Crippen molar-refractivity contribution in [3.05, 3.63) is 16.3 Å². The molecule has 1 fully saturated rings. The van der Waals surface area contributed by atoms with E-state index >= 15 is 0 Å². The van der Waals surface area contributed by atoms with Gasteiger partial charge in [0.15, 0.2) is 0 Å². The summed E-state index contributed by atoms with van der Waals surface area (Å²) in [5.74, 6) is 0.317. The Kier molecular flexibility index (Phi) is 3.09. The first-order valence-corrected chi connectivity index (χ1v) is 5.78. The molecule has 5 nitrogen and oxygen atoms in total. The number of nitrogens with one attached hydrogen (secondary N) is 1. The average molecular weight is 240 g/mol. The van der Waals surface area contributed by atoms with E-state index in [9.17, 15) is 9.59 Å². The lowest BCUT2D eigenvalue weighted by Crippen LogP contribution is -2.49. The summed E-state index contributed by atoms with van der Waals surface area (Å²) in [6.45, 7) is 1.18. The normalized spacial score (nSPS) is 15.8. The van der Waals surface area contributed by atoms with Crippen molar-refractivity contribution in [1.29, 1.82) is 0 Å². The van der Waals surface area contributed by atoms with Crippen LogP contribution in [-0.2, 0) is 4.79 Å². The van der Waals surface area contributed by atoms with Crippen LogP contribution in [0, 0.1) is 0 Å². The molecule has 1 aliphatic heterocycles. The number of hydrogen-bond donors (Lipinski definition) is 1. The Bertz CT molecular complexity index is 416. The maximum Gasteiger partial charge on any atom is 0.268 e. The molecule has 16 heavy (non-hydrogen) atoms. The van der Waals surface area contributed by atoms with Gasteiger partial charge in [-0.1, -0.05) is 0 Å². The summed E-state index contributed by atoms with van der Waals surface area (Å²) >= 11 is 1.33. The summed E-state index contributed by atoms with van der Waals surface area (Å²) in [4.78, 5) is 25.3. The fourth-order valence-electron chi connectivity index (χ4n) is 1.57. The highest BCUT2D eigenvalue weighted by molar-refractivity contribution is 7.12. The van der Waals surface area contributed by atoms with Crippen molar-refractivity contribution in [3.63, 3.8) is 0 Å². The Balaban J connectivity index is 2.15. The maximum absolute atomic E-state index is 12.1. The minimum absolute atomic E-state index is 0.116. The summed E-state index contributed by atoms with van der Waals surface area (Å²) in [6.07, 6.45) is 0. The third kappa shape index (κ3) is 2.01. The molecule has 1 saturated heterocycles. The summed E-state index contributed by atoms with van der Waals surface area (Å²) < 4.78 is 5.09. The number of nitrogens with zero attached hydrogens (tertiary/aromatic N) is 1. The van der Waals surface area contributed by atoms with Crippen molar-refractivity contribution in [3.8, 4) is 5.75 Å². The molecule has 0 unspecified atom stereocenters. The Morgan fingerprint density at radius 1 is 1.62 bits per heavy atom. The Morgan fingerprint density at radius 2 is 2.44 bits per heavy atom. The molecule has 0 atom stereocenters. The smallest absolute Gasteiger partial charge is 0.268 e. The summed E-state index contributed by atoms with van der Waals surface area (Å²) in [5.41, 5.74) is 0. The quantitative estimate of drug-likeness (QED) is 0.810. The van der Waals surface area contributed by atoms with Gasteiger partial charge in [-0.15, -0.1) is 11.3 Å². The number of piperazine rings is 1. The molecule has 1 N–H and O–H groups in total. The van der Waals surface area contributed by atoms with Crippen molar-refractivity contribution in [2.75, 3.05) is 26.7 Å². The predicted molar refractivity (Wildman–Crippen MR) is 59.8 cm³/mol. The number of methoxy groups -OCH3 is 1. The molecule has 0 saturated carbocycles. The van der Waals surface area contributed by atoms with E-state index in [1.807, 2.05) is 0 Å². The standard InChI is InChI=1S/C10H12N2O3S/c1-15-7-2-5-16-9(7)10(14)12-4-3-11-8(13)6-12/h2,5H,3-4,6H2,1H3,(H,11,13). The fourth-order valence-corrected chi connectivity index (χ4v) is 2.39. The highest BCUT2D eigenvalue weighted by Gasteiger charge is 2.25. The Labute approximate surface area is 97.0 Å². The van der Waals surface area contributed by atoms with E-state index in [4.69, 9.17) is 4.74 Å². The first-order valence-electron chi connectivity index (χ1n) is 4.90. The number of carbonyl (C=O) groups is 2. The minimum Gasteiger partial charge on any atom is -0.495 e. The van der Waals surface area contributed by atoms with Crippen LogP contribution in [0.25, 0.3) is 0 Å². The second kappa shape index (κ2) is 4.52. The van der Waals surface area contributed by atoms with Gasteiger partial charge in [-0.2, -0.15) is 0 Å². The van der Waals surface area contributed by atoms with E-state index in [0.29, 0.717) is 23.7 Å². The minimum atomic E-state index is -0.137. The van der Waals surface area contributed by atoms with Crippen LogP contribution in [0.3, 0.4) is 0 Å². The van der Waals surface area contributed by atoms with Crippen LogP contribution in [-0.4, -0.2) is 43.5 Å². The molecule has 1 aromatic heterocycles. The van der Waals surface area contributed by atoms with Gasteiger partial charge in [0.2, 0.25) is 5.91 Å². The SMILES string of the molecule is COc1ccsc1C(=O)N1CCNC(=O)C1. The van der Waals surface area contributed by atoms with Crippen LogP contribution < -0.4 is 10.1 Å². The zero-order valence-corrected chi connectivity index (χ0v) is 9.67. The van der Waals surface area contributed by atoms with Gasteiger partial charge < -0.3 is 15.0 Å². The molecule has 0 bridgehead atoms. The van der Waals surface area contributed by atoms with Crippen molar-refractivity contribution < 1.29 is 14.3 Å². The number of amides is 2. The monoisotopic (exact) mass is 240 g/mol. The van der Waals surface area contributed by atoms with Crippen molar-refractivity contribution >= 4 is 23.2 Å². The lowest BCUT2D eigenvalue weighted by molar-refractivity contribution is -0.123. The van der Waals surface area contributed by atoms with Gasteiger partial charge in [0.05, 0.1) is 13.7 Å². The number of ether oxygens (including phenoxy) is 1. The fraction of sp³-hybridized carbons (Fsp3) is 0.400. The average Bonchev–Trinajstić information content (AvgIpc) is 2.76. The largest absolute Gasteiger partial charge is 0.495 e. The lowest BCUT2D eigenvalue weighted by atomic mass is 10.3. The first kappa shape index (κ1) is 10.9. The van der Waals surface area contributed by atoms with Crippen LogP contribution in [0.5, 0.6) is 5.75 Å². The molecule has 86 valence electrons. The van der Waals surface area contributed by atoms with E-state index in [2.05, 4.69) is 5.32 Å². The van der Waals surface area contributed by atoms with E-state index in [0.717, 1.165) is 0 Å². The van der Waals surface area contributed by atoms with Crippen molar-refractivity contribution in [1.82, 2.24) is 10.2 Å². The van der Waals surface area contributed by atoms with E-state index in [-0.39, 0.29) is 18.4 Å². The molecule has 6 heteroatoms. The summed E-state index contributed by atoms with van der Waals surface area (Å²) in [6, 6.07) is 1.75. The first-order chi connectivity index (χ1) is 7.72. The number of hydrogen-bond acceptors (Lipinski definition) is 4. The van der Waals surface area contributed by atoms with Crippen molar-refractivity contribution in [2.24, 2.45) is 0 Å². The zero-order valence-electron chi connectivity index (χ0n) is 8.86. The molecule has 2 rings (SSSR count). The summed E-state index contributed by atoms with van der Waals surface area (Å²) in [7, 11) is 1.53.